The number of fused-ring (bicyclic) bond motifs is 1. The Balaban J connectivity index is 2.19. The van der Waals surface area contributed by atoms with E-state index in [4.69, 9.17) is 28.4 Å². The van der Waals surface area contributed by atoms with Crippen LogP contribution in [0.2, 0.25) is 0 Å². The molecule has 1 aliphatic heterocycles. The van der Waals surface area contributed by atoms with Crippen LogP contribution in [0.4, 0.5) is 0 Å². The van der Waals surface area contributed by atoms with Gasteiger partial charge in [0.05, 0.1) is 5.56 Å². The summed E-state index contributed by atoms with van der Waals surface area (Å²) in [6, 6.07) is 8.82. The molecule has 2 aromatic rings. The summed E-state index contributed by atoms with van der Waals surface area (Å²) in [6.07, 6.45) is -3.48. The van der Waals surface area contributed by atoms with E-state index in [9.17, 15) is 24.0 Å². The molecule has 36 heavy (non-hydrogen) atoms. The molecule has 0 N–H and O–H groups in total. The molecule has 11 heteroatoms. The Hall–Kier alpha value is -4.41. The van der Waals surface area contributed by atoms with E-state index in [0.29, 0.717) is 5.56 Å². The normalized spacial score (nSPS) is 18.1. The highest BCUT2D eigenvalue weighted by Crippen LogP contribution is 2.50. The maximum Gasteiger partial charge on any atom is 0.308 e. The lowest BCUT2D eigenvalue weighted by atomic mass is 9.90. The summed E-state index contributed by atoms with van der Waals surface area (Å²) in [4.78, 5) is 58.7. The molecule has 0 unspecified atom stereocenters. The smallest absolute Gasteiger partial charge is 0.308 e. The van der Waals surface area contributed by atoms with Gasteiger partial charge in [0.1, 0.15) is 23.0 Å². The molecule has 2 aromatic carbocycles. The fraction of sp³-hybridized carbons (Fsp3) is 0.320. The van der Waals surface area contributed by atoms with Crippen LogP contribution >= 0.6 is 0 Å². The number of carbonyl (C=O) groups excluding carboxylic acids is 5. The third-order valence-electron chi connectivity index (χ3n) is 4.79. The molecule has 0 aliphatic carbocycles. The second kappa shape index (κ2) is 10.9. The van der Waals surface area contributed by atoms with Crippen LogP contribution in [-0.4, -0.2) is 36.0 Å². The summed E-state index contributed by atoms with van der Waals surface area (Å²) in [5.74, 6) is -2.99. The Morgan fingerprint density at radius 3 is 1.75 bits per heavy atom. The molecule has 0 spiro atoms. The predicted molar refractivity (Wildman–Crippen MR) is 120 cm³/mol. The Labute approximate surface area is 206 Å². The van der Waals surface area contributed by atoms with Gasteiger partial charge in [-0.15, -0.1) is 0 Å². The summed E-state index contributed by atoms with van der Waals surface area (Å²) >= 11 is 0. The molecule has 1 aliphatic rings. The number of esters is 5. The molecule has 0 bridgehead atoms. The van der Waals surface area contributed by atoms with Gasteiger partial charge in [-0.2, -0.15) is 0 Å². The van der Waals surface area contributed by atoms with Crippen molar-refractivity contribution < 1.29 is 52.4 Å². The zero-order chi connectivity index (χ0) is 26.6. The van der Waals surface area contributed by atoms with E-state index in [0.717, 1.165) is 6.92 Å². The van der Waals surface area contributed by atoms with Crippen LogP contribution in [0.5, 0.6) is 23.0 Å². The van der Waals surface area contributed by atoms with Crippen molar-refractivity contribution in [3.8, 4) is 23.0 Å². The molecule has 0 amide bonds. The van der Waals surface area contributed by atoms with Gasteiger partial charge in [0, 0.05) is 46.8 Å². The Bertz CT molecular complexity index is 1200. The molecule has 1 heterocycles. The molecule has 0 saturated heterocycles. The van der Waals surface area contributed by atoms with E-state index in [1.165, 1.54) is 52.0 Å². The summed E-state index contributed by atoms with van der Waals surface area (Å²) in [6.45, 7) is 5.96. The number of ether oxygens (including phenoxy) is 6. The molecule has 11 nitrogen and oxygen atoms in total. The molecule has 3 atom stereocenters. The minimum absolute atomic E-state index is 0.00830. The van der Waals surface area contributed by atoms with E-state index < -0.39 is 48.2 Å². The van der Waals surface area contributed by atoms with Crippen molar-refractivity contribution in [1.29, 1.82) is 0 Å². The molecule has 0 fully saturated rings. The van der Waals surface area contributed by atoms with Crippen molar-refractivity contribution in [1.82, 2.24) is 0 Å². The Morgan fingerprint density at radius 2 is 1.22 bits per heavy atom. The van der Waals surface area contributed by atoms with E-state index in [-0.39, 0.29) is 28.6 Å². The first kappa shape index (κ1) is 26.2. The van der Waals surface area contributed by atoms with Gasteiger partial charge in [0.25, 0.3) is 0 Å². The molecule has 0 radical (unpaired) electrons. The minimum atomic E-state index is -1.26. The van der Waals surface area contributed by atoms with Crippen LogP contribution in [0.3, 0.4) is 0 Å². The summed E-state index contributed by atoms with van der Waals surface area (Å²) in [5, 5.41) is 0. The molecule has 0 saturated carbocycles. The maximum atomic E-state index is 12.1. The van der Waals surface area contributed by atoms with Gasteiger partial charge in [-0.05, 0) is 17.7 Å². The van der Waals surface area contributed by atoms with E-state index >= 15 is 0 Å². The maximum absolute atomic E-state index is 12.1. The number of benzene rings is 2. The zero-order valence-electron chi connectivity index (χ0n) is 20.2. The van der Waals surface area contributed by atoms with Crippen molar-refractivity contribution in [3.05, 3.63) is 47.5 Å². The van der Waals surface area contributed by atoms with Crippen molar-refractivity contribution >= 4 is 29.8 Å². The summed E-state index contributed by atoms with van der Waals surface area (Å²) < 4.78 is 32.7. The van der Waals surface area contributed by atoms with Crippen LogP contribution in [-0.2, 0) is 33.4 Å². The van der Waals surface area contributed by atoms with Gasteiger partial charge < -0.3 is 28.4 Å². The van der Waals surface area contributed by atoms with Crippen LogP contribution in [0, 0.1) is 0 Å². The number of rotatable bonds is 6. The average Bonchev–Trinajstić information content (AvgIpc) is 2.73. The van der Waals surface area contributed by atoms with Crippen molar-refractivity contribution in [2.24, 2.45) is 0 Å². The molecular weight excluding hydrogens is 476 g/mol. The van der Waals surface area contributed by atoms with Gasteiger partial charge in [-0.25, -0.2) is 0 Å². The van der Waals surface area contributed by atoms with E-state index in [1.807, 2.05) is 0 Å². The first-order chi connectivity index (χ1) is 16.9. The summed E-state index contributed by atoms with van der Waals surface area (Å²) in [5.41, 5.74) is 0.585. The third-order valence-corrected chi connectivity index (χ3v) is 4.79. The lowest BCUT2D eigenvalue weighted by Gasteiger charge is -2.39. The highest BCUT2D eigenvalue weighted by molar-refractivity contribution is 5.74. The fourth-order valence-corrected chi connectivity index (χ4v) is 3.72. The lowest BCUT2D eigenvalue weighted by Crippen LogP contribution is -2.40. The Kier molecular flexibility index (Phi) is 7.93. The summed E-state index contributed by atoms with van der Waals surface area (Å²) in [7, 11) is 0. The Morgan fingerprint density at radius 1 is 0.667 bits per heavy atom. The molecule has 0 aromatic heterocycles. The van der Waals surface area contributed by atoms with Gasteiger partial charge in [-0.1, -0.05) is 12.1 Å². The first-order valence-electron chi connectivity index (χ1n) is 10.8. The standard InChI is InChI=1S/C25H24O11/c1-12(26)31-18-8-6-17(7-9-18)23-25(35-16(5)30)24(34-15(4)29)22-20(33-14(3)28)10-19(32-13(2)27)11-21(22)36-23/h6-11,23-25H,1-5H3/t23-,24-,25+/m0/s1. The second-order valence-corrected chi connectivity index (χ2v) is 7.83. The second-order valence-electron chi connectivity index (χ2n) is 7.83. The molecular formula is C25H24O11. The number of carbonyl (C=O) groups is 5. The fourth-order valence-electron chi connectivity index (χ4n) is 3.72. The van der Waals surface area contributed by atoms with E-state index in [1.54, 1.807) is 12.1 Å². The first-order valence-corrected chi connectivity index (χ1v) is 10.8. The van der Waals surface area contributed by atoms with Crippen LogP contribution in [0.1, 0.15) is 58.0 Å². The quantitative estimate of drug-likeness (QED) is 0.427. The third kappa shape index (κ3) is 6.38. The number of hydrogen-bond donors (Lipinski definition) is 0. The lowest BCUT2D eigenvalue weighted by molar-refractivity contribution is -0.178. The predicted octanol–water partition coefficient (Wildman–Crippen LogP) is 3.13. The monoisotopic (exact) mass is 500 g/mol. The van der Waals surface area contributed by atoms with Crippen LogP contribution in [0.25, 0.3) is 0 Å². The minimum Gasteiger partial charge on any atom is -0.481 e. The molecule has 190 valence electrons. The van der Waals surface area contributed by atoms with Crippen LogP contribution < -0.4 is 18.9 Å². The highest BCUT2D eigenvalue weighted by Gasteiger charge is 2.46. The van der Waals surface area contributed by atoms with Crippen molar-refractivity contribution in [2.75, 3.05) is 0 Å². The zero-order valence-corrected chi connectivity index (χ0v) is 20.2. The van der Waals surface area contributed by atoms with E-state index in [2.05, 4.69) is 0 Å². The largest absolute Gasteiger partial charge is 0.481 e. The average molecular weight is 500 g/mol. The van der Waals surface area contributed by atoms with Crippen molar-refractivity contribution in [2.45, 2.75) is 52.9 Å². The highest BCUT2D eigenvalue weighted by atomic mass is 16.6. The molecule has 3 rings (SSSR count). The topological polar surface area (TPSA) is 141 Å². The number of hydrogen-bond acceptors (Lipinski definition) is 11. The van der Waals surface area contributed by atoms with Gasteiger partial charge in [0.15, 0.2) is 18.3 Å². The van der Waals surface area contributed by atoms with Gasteiger partial charge >= 0.3 is 29.8 Å². The van der Waals surface area contributed by atoms with Crippen LogP contribution in [0.15, 0.2) is 36.4 Å². The SMILES string of the molecule is CC(=O)Oc1ccc([C@@H]2Oc3cc(OC(C)=O)cc(OC(C)=O)c3[C@H](OC(C)=O)[C@@H]2OC(C)=O)cc1. The van der Waals surface area contributed by atoms with Gasteiger partial charge in [-0.3, -0.25) is 24.0 Å². The van der Waals surface area contributed by atoms with Gasteiger partial charge in [0.2, 0.25) is 0 Å². The van der Waals surface area contributed by atoms with Crippen molar-refractivity contribution in [3.63, 3.8) is 0 Å².